The number of hydrogen-bond donors (Lipinski definition) is 2. The number of rotatable bonds is 4. The molecule has 10 heteroatoms. The quantitative estimate of drug-likeness (QED) is 0.532. The van der Waals surface area contributed by atoms with Gasteiger partial charge in [-0.15, -0.1) is 0 Å². The molecule has 1 aromatic heterocycles. The Balaban J connectivity index is 1.31. The number of para-hydroxylation sites is 1. The smallest absolute Gasteiger partial charge is 0.435 e. The van der Waals surface area contributed by atoms with Crippen molar-refractivity contribution < 1.29 is 23.9 Å². The largest absolute Gasteiger partial charge is 0.487 e. The number of anilines is 2. The molecular weight excluding hydrogens is 474 g/mol. The lowest BCUT2D eigenvalue weighted by atomic mass is 9.73. The van der Waals surface area contributed by atoms with Gasteiger partial charge >= 0.3 is 12.1 Å². The molecule has 0 radical (unpaired) electrons. The van der Waals surface area contributed by atoms with Crippen molar-refractivity contribution in [3.63, 3.8) is 0 Å². The molecule has 3 amide bonds. The maximum atomic E-state index is 13.3. The SMILES string of the molecule is CCOC(=O)n1ncc2c(NC(=O)NC3CC4(CCC4)Oc4ccccc43)cc(N3CCCC3=O)cc21. The summed E-state index contributed by atoms with van der Waals surface area (Å²) in [5, 5.41) is 10.9. The molecule has 1 unspecified atom stereocenters. The normalized spacial score (nSPS) is 19.8. The van der Waals surface area contributed by atoms with Crippen molar-refractivity contribution in [2.75, 3.05) is 23.4 Å². The molecule has 37 heavy (non-hydrogen) atoms. The minimum absolute atomic E-state index is 0.00145. The minimum atomic E-state index is -0.623. The summed E-state index contributed by atoms with van der Waals surface area (Å²) >= 11 is 0. The molecule has 1 saturated carbocycles. The lowest BCUT2D eigenvalue weighted by Gasteiger charge is -2.48. The number of carbonyl (C=O) groups is 3. The molecule has 6 rings (SSSR count). The Morgan fingerprint density at radius 1 is 1.22 bits per heavy atom. The third-order valence-corrected chi connectivity index (χ3v) is 7.51. The van der Waals surface area contributed by atoms with Crippen LogP contribution in [0.5, 0.6) is 5.75 Å². The van der Waals surface area contributed by atoms with Gasteiger partial charge in [0.1, 0.15) is 11.4 Å². The van der Waals surface area contributed by atoms with Crippen LogP contribution in [0.15, 0.2) is 42.6 Å². The van der Waals surface area contributed by atoms with E-state index in [1.807, 2.05) is 24.3 Å². The van der Waals surface area contributed by atoms with Crippen molar-refractivity contribution in [1.82, 2.24) is 15.1 Å². The van der Waals surface area contributed by atoms with Crippen molar-refractivity contribution in [1.29, 1.82) is 0 Å². The van der Waals surface area contributed by atoms with Crippen LogP contribution in [-0.4, -0.2) is 46.6 Å². The fraction of sp³-hybridized carbons (Fsp3) is 0.407. The average Bonchev–Trinajstić information content (AvgIpc) is 3.49. The number of carbonyl (C=O) groups excluding carboxylic acids is 3. The molecule has 3 heterocycles. The van der Waals surface area contributed by atoms with Gasteiger partial charge in [-0.25, -0.2) is 9.59 Å². The van der Waals surface area contributed by atoms with Crippen LogP contribution in [0.4, 0.5) is 21.0 Å². The Hall–Kier alpha value is -4.08. The number of benzene rings is 2. The highest BCUT2D eigenvalue weighted by molar-refractivity contribution is 6.06. The van der Waals surface area contributed by atoms with Crippen LogP contribution in [0.1, 0.15) is 57.1 Å². The fourth-order valence-corrected chi connectivity index (χ4v) is 5.56. The number of ether oxygens (including phenoxy) is 2. The molecule has 3 aliphatic rings. The van der Waals surface area contributed by atoms with Gasteiger partial charge in [0.15, 0.2) is 0 Å². The van der Waals surface area contributed by atoms with Crippen LogP contribution < -0.4 is 20.3 Å². The van der Waals surface area contributed by atoms with E-state index in [4.69, 9.17) is 9.47 Å². The Morgan fingerprint density at radius 2 is 2.05 bits per heavy atom. The molecule has 2 fully saturated rings. The van der Waals surface area contributed by atoms with Gasteiger partial charge in [0.25, 0.3) is 0 Å². The number of hydrogen-bond acceptors (Lipinski definition) is 6. The highest BCUT2D eigenvalue weighted by atomic mass is 16.6. The summed E-state index contributed by atoms with van der Waals surface area (Å²) in [6, 6.07) is 10.7. The van der Waals surface area contributed by atoms with Crippen molar-refractivity contribution >= 4 is 40.3 Å². The summed E-state index contributed by atoms with van der Waals surface area (Å²) in [5.41, 5.74) is 2.24. The van der Waals surface area contributed by atoms with Crippen molar-refractivity contribution in [3.05, 3.63) is 48.2 Å². The van der Waals surface area contributed by atoms with Crippen molar-refractivity contribution in [2.45, 2.75) is 57.1 Å². The second-order valence-corrected chi connectivity index (χ2v) is 9.86. The molecule has 10 nitrogen and oxygen atoms in total. The summed E-state index contributed by atoms with van der Waals surface area (Å²) < 4.78 is 12.6. The van der Waals surface area contributed by atoms with Crippen LogP contribution in [0.25, 0.3) is 10.9 Å². The second kappa shape index (κ2) is 9.10. The summed E-state index contributed by atoms with van der Waals surface area (Å²) in [6.45, 7) is 2.49. The first-order valence-corrected chi connectivity index (χ1v) is 12.8. The van der Waals surface area contributed by atoms with Gasteiger partial charge in [-0.1, -0.05) is 18.2 Å². The Kier molecular flexibility index (Phi) is 5.73. The molecule has 0 bridgehead atoms. The van der Waals surface area contributed by atoms with Gasteiger partial charge in [0.2, 0.25) is 5.91 Å². The van der Waals surface area contributed by atoms with E-state index in [1.165, 1.54) is 6.20 Å². The van der Waals surface area contributed by atoms with Crippen molar-refractivity contribution in [3.8, 4) is 5.75 Å². The zero-order chi connectivity index (χ0) is 25.6. The summed E-state index contributed by atoms with van der Waals surface area (Å²) in [4.78, 5) is 40.0. The average molecular weight is 504 g/mol. The predicted molar refractivity (Wildman–Crippen MR) is 137 cm³/mol. The lowest BCUT2D eigenvalue weighted by Crippen LogP contribution is -2.50. The van der Waals surface area contributed by atoms with Gasteiger partial charge in [-0.05, 0) is 50.8 Å². The Labute approximate surface area is 213 Å². The lowest BCUT2D eigenvalue weighted by molar-refractivity contribution is -0.117. The minimum Gasteiger partial charge on any atom is -0.487 e. The predicted octanol–water partition coefficient (Wildman–Crippen LogP) is 4.74. The number of amides is 3. The molecule has 1 spiro atoms. The first-order chi connectivity index (χ1) is 18.0. The standard InChI is InChI=1S/C27H29N5O5/c1-2-36-26(35)32-22-14-17(31-12-5-9-24(31)33)13-20(19(22)16-28-32)29-25(34)30-21-15-27(10-6-11-27)37-23-8-4-3-7-18(21)23/h3-4,7-8,13-14,16,21H,2,5-6,9-12,15H2,1H3,(H2,29,30,34). The Morgan fingerprint density at radius 3 is 2.78 bits per heavy atom. The van der Waals surface area contributed by atoms with E-state index in [2.05, 4.69) is 15.7 Å². The highest BCUT2D eigenvalue weighted by Gasteiger charge is 2.45. The topological polar surface area (TPSA) is 115 Å². The zero-order valence-electron chi connectivity index (χ0n) is 20.7. The number of nitrogens with one attached hydrogen (secondary N) is 2. The number of aromatic nitrogens is 2. The van der Waals surface area contributed by atoms with Crippen LogP contribution in [0, 0.1) is 0 Å². The van der Waals surface area contributed by atoms with Crippen molar-refractivity contribution in [2.24, 2.45) is 0 Å². The third kappa shape index (κ3) is 4.16. The second-order valence-electron chi connectivity index (χ2n) is 9.86. The maximum Gasteiger partial charge on any atom is 0.435 e. The Bertz CT molecular complexity index is 1400. The number of nitrogens with zero attached hydrogens (tertiary/aromatic N) is 3. The third-order valence-electron chi connectivity index (χ3n) is 7.51. The number of fused-ring (bicyclic) bond motifs is 2. The zero-order valence-corrected chi connectivity index (χ0v) is 20.7. The molecular formula is C27H29N5O5. The van der Waals surface area contributed by atoms with E-state index in [1.54, 1.807) is 24.0 Å². The highest BCUT2D eigenvalue weighted by Crippen LogP contribution is 2.48. The molecule has 192 valence electrons. The van der Waals surface area contributed by atoms with E-state index in [0.717, 1.165) is 41.7 Å². The first kappa shape index (κ1) is 23.3. The first-order valence-electron chi connectivity index (χ1n) is 12.8. The molecule has 1 saturated heterocycles. The van der Waals surface area contributed by atoms with E-state index < -0.39 is 6.09 Å². The van der Waals surface area contributed by atoms with Crippen LogP contribution in [0.2, 0.25) is 0 Å². The van der Waals surface area contributed by atoms with Crippen LogP contribution >= 0.6 is 0 Å². The van der Waals surface area contributed by atoms with Crippen LogP contribution in [0.3, 0.4) is 0 Å². The van der Waals surface area contributed by atoms with Gasteiger partial charge in [-0.2, -0.15) is 9.78 Å². The molecule has 3 aromatic rings. The van der Waals surface area contributed by atoms with Gasteiger partial charge in [0, 0.05) is 36.0 Å². The number of urea groups is 1. The maximum absolute atomic E-state index is 13.3. The molecule has 1 atom stereocenters. The van der Waals surface area contributed by atoms with E-state index in [-0.39, 0.29) is 30.2 Å². The molecule has 2 N–H and O–H groups in total. The van der Waals surface area contributed by atoms with Gasteiger partial charge in [0.05, 0.1) is 30.0 Å². The van der Waals surface area contributed by atoms with E-state index in [0.29, 0.717) is 41.7 Å². The summed E-state index contributed by atoms with van der Waals surface area (Å²) in [5.74, 6) is 0.813. The van der Waals surface area contributed by atoms with Crippen LogP contribution in [-0.2, 0) is 9.53 Å². The fourth-order valence-electron chi connectivity index (χ4n) is 5.56. The van der Waals surface area contributed by atoms with Gasteiger partial charge < -0.3 is 25.0 Å². The molecule has 2 aromatic carbocycles. The summed E-state index contributed by atoms with van der Waals surface area (Å²) in [6.07, 6.45) is 5.88. The summed E-state index contributed by atoms with van der Waals surface area (Å²) in [7, 11) is 0. The monoisotopic (exact) mass is 503 g/mol. The molecule has 1 aliphatic carbocycles. The van der Waals surface area contributed by atoms with E-state index in [9.17, 15) is 14.4 Å². The molecule has 2 aliphatic heterocycles. The van der Waals surface area contributed by atoms with Gasteiger partial charge in [-0.3, -0.25) is 4.79 Å². The van der Waals surface area contributed by atoms with E-state index >= 15 is 0 Å².